The molecule has 1 atom stereocenters. The lowest BCUT2D eigenvalue weighted by Crippen LogP contribution is -2.45. The van der Waals surface area contributed by atoms with Crippen LogP contribution in [-0.4, -0.2) is 31.1 Å². The lowest BCUT2D eigenvalue weighted by Gasteiger charge is -2.34. The van der Waals surface area contributed by atoms with Crippen molar-refractivity contribution >= 4 is 24.8 Å². The number of hydrogen-bond acceptors (Lipinski definition) is 3. The SMILES string of the molecule is CC[C@H](c1ccc(C#N)cc1)N1CCNCC1.Cl.Cl. The van der Waals surface area contributed by atoms with E-state index in [1.165, 1.54) is 5.56 Å². The summed E-state index contributed by atoms with van der Waals surface area (Å²) in [7, 11) is 0. The van der Waals surface area contributed by atoms with Gasteiger partial charge in [-0.05, 0) is 24.1 Å². The largest absolute Gasteiger partial charge is 0.314 e. The van der Waals surface area contributed by atoms with E-state index in [0.29, 0.717) is 6.04 Å². The second-order valence-electron chi connectivity index (χ2n) is 4.44. The molecule has 1 saturated heterocycles. The Labute approximate surface area is 127 Å². The molecule has 1 aromatic carbocycles. The molecule has 0 amide bonds. The zero-order chi connectivity index (χ0) is 12.1. The highest BCUT2D eigenvalue weighted by Crippen LogP contribution is 2.24. The van der Waals surface area contributed by atoms with Crippen molar-refractivity contribution in [2.45, 2.75) is 19.4 Å². The fourth-order valence-electron chi connectivity index (χ4n) is 2.48. The first-order chi connectivity index (χ1) is 8.35. The fourth-order valence-corrected chi connectivity index (χ4v) is 2.48. The molecule has 0 aromatic heterocycles. The molecule has 1 aliphatic heterocycles. The van der Waals surface area contributed by atoms with Gasteiger partial charge in [0.05, 0.1) is 11.6 Å². The van der Waals surface area contributed by atoms with Gasteiger partial charge in [0.2, 0.25) is 0 Å². The Kier molecular flexibility index (Phi) is 8.79. The van der Waals surface area contributed by atoms with Crippen LogP contribution in [0, 0.1) is 11.3 Å². The van der Waals surface area contributed by atoms with Gasteiger partial charge >= 0.3 is 0 Å². The van der Waals surface area contributed by atoms with Gasteiger partial charge in [-0.1, -0.05) is 19.1 Å². The van der Waals surface area contributed by atoms with Crippen LogP contribution < -0.4 is 5.32 Å². The van der Waals surface area contributed by atoms with Crippen LogP contribution >= 0.6 is 24.8 Å². The molecule has 0 saturated carbocycles. The van der Waals surface area contributed by atoms with E-state index in [1.807, 2.05) is 12.1 Å². The van der Waals surface area contributed by atoms with Gasteiger partial charge < -0.3 is 5.32 Å². The Morgan fingerprint density at radius 3 is 2.26 bits per heavy atom. The standard InChI is InChI=1S/C14H19N3.2ClH/c1-2-14(17-9-7-16-8-10-17)13-5-3-12(11-15)4-6-13;;/h3-6,14,16H,2,7-10H2,1H3;2*1H/t14-;;/m1../s1. The van der Waals surface area contributed by atoms with Crippen LogP contribution in [0.4, 0.5) is 0 Å². The fraction of sp³-hybridized carbons (Fsp3) is 0.500. The van der Waals surface area contributed by atoms with Gasteiger partial charge in [0.15, 0.2) is 0 Å². The number of nitrogens with zero attached hydrogens (tertiary/aromatic N) is 2. The quantitative estimate of drug-likeness (QED) is 0.933. The van der Waals surface area contributed by atoms with Crippen molar-refractivity contribution in [1.82, 2.24) is 10.2 Å². The molecular formula is C14H21Cl2N3. The number of nitrogens with one attached hydrogen (secondary N) is 1. The normalized spacial score (nSPS) is 16.6. The van der Waals surface area contributed by atoms with Crippen molar-refractivity contribution in [3.8, 4) is 6.07 Å². The first kappa shape index (κ1) is 18.2. The van der Waals surface area contributed by atoms with Gasteiger partial charge in [0.25, 0.3) is 0 Å². The summed E-state index contributed by atoms with van der Waals surface area (Å²) in [5.41, 5.74) is 2.07. The van der Waals surface area contributed by atoms with Crippen LogP contribution in [0.25, 0.3) is 0 Å². The van der Waals surface area contributed by atoms with Crippen molar-refractivity contribution in [2.24, 2.45) is 0 Å². The zero-order valence-electron chi connectivity index (χ0n) is 11.1. The van der Waals surface area contributed by atoms with Gasteiger partial charge in [-0.25, -0.2) is 0 Å². The highest BCUT2D eigenvalue weighted by molar-refractivity contribution is 5.85. The van der Waals surface area contributed by atoms with Crippen LogP contribution in [0.15, 0.2) is 24.3 Å². The first-order valence-electron chi connectivity index (χ1n) is 6.30. The Balaban J connectivity index is 0.00000162. The Morgan fingerprint density at radius 1 is 1.21 bits per heavy atom. The summed E-state index contributed by atoms with van der Waals surface area (Å²) in [6, 6.07) is 10.7. The van der Waals surface area contributed by atoms with Crippen molar-refractivity contribution in [1.29, 1.82) is 5.26 Å². The van der Waals surface area contributed by atoms with Gasteiger partial charge in [-0.3, -0.25) is 4.90 Å². The molecule has 1 fully saturated rings. The average molecular weight is 302 g/mol. The molecule has 0 radical (unpaired) electrons. The summed E-state index contributed by atoms with van der Waals surface area (Å²) in [6.07, 6.45) is 1.12. The van der Waals surface area contributed by atoms with Crippen molar-refractivity contribution in [3.05, 3.63) is 35.4 Å². The van der Waals surface area contributed by atoms with Crippen LogP contribution in [0.1, 0.15) is 30.5 Å². The number of hydrogen-bond donors (Lipinski definition) is 1. The minimum atomic E-state index is 0. The maximum Gasteiger partial charge on any atom is 0.0991 e. The van der Waals surface area contributed by atoms with Crippen molar-refractivity contribution in [2.75, 3.05) is 26.2 Å². The zero-order valence-corrected chi connectivity index (χ0v) is 12.8. The van der Waals surface area contributed by atoms with E-state index in [4.69, 9.17) is 5.26 Å². The van der Waals surface area contributed by atoms with Gasteiger partial charge in [0, 0.05) is 32.2 Å². The van der Waals surface area contributed by atoms with Crippen LogP contribution in [0.2, 0.25) is 0 Å². The second-order valence-corrected chi connectivity index (χ2v) is 4.44. The molecule has 0 unspecified atom stereocenters. The van der Waals surface area contributed by atoms with E-state index < -0.39 is 0 Å². The second kappa shape index (κ2) is 9.17. The third kappa shape index (κ3) is 4.67. The van der Waals surface area contributed by atoms with Gasteiger partial charge in [-0.2, -0.15) is 5.26 Å². The summed E-state index contributed by atoms with van der Waals surface area (Å²) >= 11 is 0. The number of halogens is 2. The molecule has 5 heteroatoms. The molecule has 3 nitrogen and oxygen atoms in total. The lowest BCUT2D eigenvalue weighted by molar-refractivity contribution is 0.169. The predicted molar refractivity (Wildman–Crippen MR) is 83.1 cm³/mol. The topological polar surface area (TPSA) is 39.1 Å². The van der Waals surface area contributed by atoms with E-state index >= 15 is 0 Å². The maximum atomic E-state index is 8.80. The molecule has 1 aromatic rings. The molecule has 0 bridgehead atoms. The minimum absolute atomic E-state index is 0. The van der Waals surface area contributed by atoms with Crippen LogP contribution in [0.5, 0.6) is 0 Å². The summed E-state index contributed by atoms with van der Waals surface area (Å²) in [6.45, 7) is 6.60. The number of piperazine rings is 1. The molecule has 0 aliphatic carbocycles. The summed E-state index contributed by atoms with van der Waals surface area (Å²) in [5, 5.41) is 12.2. The highest BCUT2D eigenvalue weighted by Gasteiger charge is 2.20. The van der Waals surface area contributed by atoms with E-state index in [0.717, 1.165) is 38.2 Å². The molecule has 19 heavy (non-hydrogen) atoms. The van der Waals surface area contributed by atoms with E-state index in [2.05, 4.69) is 35.3 Å². The predicted octanol–water partition coefficient (Wildman–Crippen LogP) is 2.76. The molecule has 1 N–H and O–H groups in total. The Hall–Kier alpha value is -0.790. The molecule has 0 spiro atoms. The number of rotatable bonds is 3. The lowest BCUT2D eigenvalue weighted by atomic mass is 10.0. The minimum Gasteiger partial charge on any atom is -0.314 e. The highest BCUT2D eigenvalue weighted by atomic mass is 35.5. The average Bonchev–Trinajstić information content (AvgIpc) is 2.42. The van der Waals surface area contributed by atoms with E-state index in [-0.39, 0.29) is 24.8 Å². The van der Waals surface area contributed by atoms with E-state index in [9.17, 15) is 0 Å². The van der Waals surface area contributed by atoms with Crippen molar-refractivity contribution < 1.29 is 0 Å². The van der Waals surface area contributed by atoms with Crippen LogP contribution in [-0.2, 0) is 0 Å². The first-order valence-corrected chi connectivity index (χ1v) is 6.30. The molecule has 1 heterocycles. The third-order valence-corrected chi connectivity index (χ3v) is 3.40. The van der Waals surface area contributed by atoms with Gasteiger partial charge in [-0.15, -0.1) is 24.8 Å². The molecule has 2 rings (SSSR count). The van der Waals surface area contributed by atoms with Crippen molar-refractivity contribution in [3.63, 3.8) is 0 Å². The number of benzene rings is 1. The maximum absolute atomic E-state index is 8.80. The van der Waals surface area contributed by atoms with Crippen LogP contribution in [0.3, 0.4) is 0 Å². The molecule has 106 valence electrons. The Morgan fingerprint density at radius 2 is 1.79 bits per heavy atom. The summed E-state index contributed by atoms with van der Waals surface area (Å²) < 4.78 is 0. The number of nitriles is 1. The Bertz CT molecular complexity index is 394. The third-order valence-electron chi connectivity index (χ3n) is 3.40. The summed E-state index contributed by atoms with van der Waals surface area (Å²) in [4.78, 5) is 2.53. The van der Waals surface area contributed by atoms with E-state index in [1.54, 1.807) is 0 Å². The smallest absolute Gasteiger partial charge is 0.0991 e. The molecular weight excluding hydrogens is 281 g/mol. The molecule has 1 aliphatic rings. The van der Waals surface area contributed by atoms with Gasteiger partial charge in [0.1, 0.15) is 0 Å². The summed E-state index contributed by atoms with van der Waals surface area (Å²) in [5.74, 6) is 0. The monoisotopic (exact) mass is 301 g/mol.